The molecule has 0 saturated carbocycles. The fraction of sp³-hybridized carbons (Fsp3) is 0.619. The van der Waals surface area contributed by atoms with Gasteiger partial charge in [-0.3, -0.25) is 4.79 Å². The Morgan fingerprint density at radius 3 is 2.58 bits per heavy atom. The highest BCUT2D eigenvalue weighted by Gasteiger charge is 2.32. The highest BCUT2D eigenvalue weighted by molar-refractivity contribution is 6.38. The summed E-state index contributed by atoms with van der Waals surface area (Å²) in [4.78, 5) is 11.7. The van der Waals surface area contributed by atoms with E-state index in [0.717, 1.165) is 12.8 Å². The molecule has 132 valence electrons. The predicted molar refractivity (Wildman–Crippen MR) is 101 cm³/mol. The van der Waals surface area contributed by atoms with Crippen molar-refractivity contribution >= 4 is 11.5 Å². The summed E-state index contributed by atoms with van der Waals surface area (Å²) in [6.45, 7) is 10.1. The fourth-order valence-corrected chi connectivity index (χ4v) is 3.90. The maximum absolute atomic E-state index is 11.7. The largest absolute Gasteiger partial charge is 0.306 e. The van der Waals surface area contributed by atoms with Gasteiger partial charge in [-0.15, -0.1) is 0 Å². The van der Waals surface area contributed by atoms with Crippen molar-refractivity contribution in [1.82, 2.24) is 5.32 Å². The Kier molecular flexibility index (Phi) is 6.34. The molecule has 24 heavy (non-hydrogen) atoms. The molecule has 0 bridgehead atoms. The lowest BCUT2D eigenvalue weighted by Gasteiger charge is -2.37. The Morgan fingerprint density at radius 1 is 1.33 bits per heavy atom. The Morgan fingerprint density at radius 2 is 2.04 bits per heavy atom. The molecule has 0 fully saturated rings. The van der Waals surface area contributed by atoms with Crippen LogP contribution in [-0.4, -0.2) is 23.6 Å². The molecule has 0 saturated heterocycles. The van der Waals surface area contributed by atoms with Crippen LogP contribution in [0.3, 0.4) is 0 Å². The first-order valence-electron chi connectivity index (χ1n) is 9.18. The molecule has 3 heteroatoms. The van der Waals surface area contributed by atoms with Crippen LogP contribution in [0.2, 0.25) is 0 Å². The van der Waals surface area contributed by atoms with Crippen LogP contribution in [0.4, 0.5) is 0 Å². The zero-order valence-corrected chi connectivity index (χ0v) is 15.7. The van der Waals surface area contributed by atoms with Gasteiger partial charge in [-0.25, -0.2) is 0 Å². The number of hydrogen-bond acceptors (Lipinski definition) is 3. The maximum atomic E-state index is 11.7. The van der Waals surface area contributed by atoms with Crippen molar-refractivity contribution in [3.05, 3.63) is 35.5 Å². The second-order valence-corrected chi connectivity index (χ2v) is 7.68. The molecule has 2 aliphatic carbocycles. The molecule has 0 aromatic carbocycles. The molecule has 2 rings (SSSR count). The highest BCUT2D eigenvalue weighted by atomic mass is 16.1. The molecule has 0 radical (unpaired) electrons. The van der Waals surface area contributed by atoms with Gasteiger partial charge in [0.15, 0.2) is 5.78 Å². The van der Waals surface area contributed by atoms with E-state index < -0.39 is 0 Å². The van der Waals surface area contributed by atoms with Gasteiger partial charge in [-0.1, -0.05) is 49.3 Å². The zero-order chi connectivity index (χ0) is 17.9. The second-order valence-electron chi connectivity index (χ2n) is 7.68. The Hall–Kier alpha value is -1.48. The topological polar surface area (TPSA) is 53.0 Å². The standard InChI is InChI=1S/C21H32N2O/c1-13-6-9-18(10-7-13)21(16(4)20(22)17(5)24)23-19-11-8-14(2)12-15(19)3/h6-7,9,12,14,16,18-19,21-23H,8,10-11H2,1-5H3. The third kappa shape index (κ3) is 4.54. The van der Waals surface area contributed by atoms with Gasteiger partial charge in [0, 0.05) is 24.9 Å². The molecular weight excluding hydrogens is 296 g/mol. The lowest BCUT2D eigenvalue weighted by molar-refractivity contribution is -0.111. The van der Waals surface area contributed by atoms with Crippen molar-refractivity contribution in [2.45, 2.75) is 66.0 Å². The maximum Gasteiger partial charge on any atom is 0.173 e. The minimum absolute atomic E-state index is 0.0869. The van der Waals surface area contributed by atoms with Gasteiger partial charge in [0.2, 0.25) is 0 Å². The van der Waals surface area contributed by atoms with Gasteiger partial charge < -0.3 is 10.7 Å². The van der Waals surface area contributed by atoms with E-state index in [-0.39, 0.29) is 23.5 Å². The lowest BCUT2D eigenvalue weighted by Crippen LogP contribution is -2.50. The first-order valence-corrected chi connectivity index (χ1v) is 9.18. The first kappa shape index (κ1) is 18.9. The Bertz CT molecular complexity index is 585. The van der Waals surface area contributed by atoms with Crippen LogP contribution in [0.5, 0.6) is 0 Å². The number of carbonyl (C=O) groups is 1. The summed E-state index contributed by atoms with van der Waals surface area (Å²) in [7, 11) is 0. The Balaban J connectivity index is 2.20. The summed E-state index contributed by atoms with van der Waals surface area (Å²) < 4.78 is 0. The second kappa shape index (κ2) is 8.06. The zero-order valence-electron chi connectivity index (χ0n) is 15.7. The van der Waals surface area contributed by atoms with E-state index in [0.29, 0.717) is 17.9 Å². The third-order valence-corrected chi connectivity index (χ3v) is 5.55. The summed E-state index contributed by atoms with van der Waals surface area (Å²) in [5, 5.41) is 12.0. The number of ketones is 1. The highest BCUT2D eigenvalue weighted by Crippen LogP contribution is 2.29. The van der Waals surface area contributed by atoms with E-state index in [1.54, 1.807) is 0 Å². The number of nitrogens with one attached hydrogen (secondary N) is 2. The summed E-state index contributed by atoms with van der Waals surface area (Å²) in [5.74, 6) is 0.770. The van der Waals surface area contributed by atoms with Crippen LogP contribution < -0.4 is 5.32 Å². The van der Waals surface area contributed by atoms with Crippen LogP contribution >= 0.6 is 0 Å². The van der Waals surface area contributed by atoms with E-state index in [9.17, 15) is 4.79 Å². The molecule has 0 heterocycles. The number of rotatable bonds is 6. The van der Waals surface area contributed by atoms with E-state index in [1.165, 1.54) is 24.5 Å². The smallest absolute Gasteiger partial charge is 0.173 e. The van der Waals surface area contributed by atoms with Crippen molar-refractivity contribution in [1.29, 1.82) is 5.41 Å². The van der Waals surface area contributed by atoms with Crippen LogP contribution in [0.1, 0.15) is 53.9 Å². The molecule has 2 N–H and O–H groups in total. The van der Waals surface area contributed by atoms with Crippen molar-refractivity contribution < 1.29 is 4.79 Å². The van der Waals surface area contributed by atoms with Gasteiger partial charge >= 0.3 is 0 Å². The summed E-state index contributed by atoms with van der Waals surface area (Å²) in [6, 6.07) is 0.470. The van der Waals surface area contributed by atoms with Crippen LogP contribution in [0.25, 0.3) is 0 Å². The number of Topliss-reactive ketones (excluding diaryl/α,β-unsaturated/α-hetero) is 1. The molecule has 0 aromatic heterocycles. The molecular formula is C21H32N2O. The van der Waals surface area contributed by atoms with Gasteiger partial charge in [-0.2, -0.15) is 0 Å². The van der Waals surface area contributed by atoms with Crippen LogP contribution in [-0.2, 0) is 4.79 Å². The average molecular weight is 329 g/mol. The lowest BCUT2D eigenvalue weighted by atomic mass is 9.79. The minimum Gasteiger partial charge on any atom is -0.306 e. The third-order valence-electron chi connectivity index (χ3n) is 5.55. The van der Waals surface area contributed by atoms with E-state index >= 15 is 0 Å². The van der Waals surface area contributed by atoms with Crippen LogP contribution in [0.15, 0.2) is 35.5 Å². The van der Waals surface area contributed by atoms with E-state index in [4.69, 9.17) is 5.41 Å². The quantitative estimate of drug-likeness (QED) is 0.559. The minimum atomic E-state index is -0.120. The van der Waals surface area contributed by atoms with Crippen molar-refractivity contribution in [3.8, 4) is 0 Å². The molecule has 0 spiro atoms. The van der Waals surface area contributed by atoms with Crippen molar-refractivity contribution in [3.63, 3.8) is 0 Å². The van der Waals surface area contributed by atoms with Gasteiger partial charge in [-0.05, 0) is 44.9 Å². The number of hydrogen-bond donors (Lipinski definition) is 2. The molecule has 5 atom stereocenters. The van der Waals surface area contributed by atoms with Gasteiger partial charge in [0.1, 0.15) is 0 Å². The molecule has 0 aliphatic heterocycles. The summed E-state index contributed by atoms with van der Waals surface area (Å²) in [6.07, 6.45) is 12.3. The molecule has 0 aromatic rings. The molecule has 5 unspecified atom stereocenters. The molecule has 2 aliphatic rings. The molecule has 3 nitrogen and oxygen atoms in total. The monoisotopic (exact) mass is 328 g/mol. The van der Waals surface area contributed by atoms with Crippen molar-refractivity contribution in [2.24, 2.45) is 17.8 Å². The SMILES string of the molecule is CC(=O)C(=N)C(C)C(NC1CCC(C)C=C1C)C1C=CC(C)=CC1. The number of carbonyl (C=O) groups excluding carboxylic acids is 1. The predicted octanol–water partition coefficient (Wildman–Crippen LogP) is 4.46. The van der Waals surface area contributed by atoms with Crippen molar-refractivity contribution in [2.75, 3.05) is 0 Å². The number of allylic oxidation sites excluding steroid dienone is 4. The van der Waals surface area contributed by atoms with Gasteiger partial charge in [0.25, 0.3) is 0 Å². The van der Waals surface area contributed by atoms with Gasteiger partial charge in [0.05, 0.1) is 5.71 Å². The van der Waals surface area contributed by atoms with Crippen LogP contribution in [0, 0.1) is 23.2 Å². The first-order chi connectivity index (χ1) is 11.3. The fourth-order valence-electron chi connectivity index (χ4n) is 3.90. The molecule has 0 amide bonds. The normalized spacial score (nSPS) is 29.5. The summed E-state index contributed by atoms with van der Waals surface area (Å²) in [5.41, 5.74) is 2.92. The van der Waals surface area contributed by atoms with E-state index in [2.05, 4.69) is 50.4 Å². The summed E-state index contributed by atoms with van der Waals surface area (Å²) >= 11 is 0. The van der Waals surface area contributed by atoms with E-state index in [1.807, 2.05) is 6.92 Å². The average Bonchev–Trinajstić information content (AvgIpc) is 2.54. The Labute approximate surface area is 146 Å².